The Morgan fingerprint density at radius 2 is 2.27 bits per heavy atom. The van der Waals surface area contributed by atoms with E-state index in [2.05, 4.69) is 11.3 Å². The zero-order chi connectivity index (χ0) is 8.85. The van der Waals surface area contributed by atoms with Gasteiger partial charge in [-0.2, -0.15) is 0 Å². The highest BCUT2D eigenvalue weighted by Crippen LogP contribution is 2.03. The van der Waals surface area contributed by atoms with Crippen LogP contribution in [0.2, 0.25) is 0 Å². The van der Waals surface area contributed by atoms with E-state index in [1.165, 1.54) is 0 Å². The molecule has 62 valence electrons. The van der Waals surface area contributed by atoms with Crippen LogP contribution in [-0.4, -0.2) is 22.4 Å². The SMILES string of the molecule is C=COC(=O)CC(Cl)C(=O)O. The van der Waals surface area contributed by atoms with Crippen LogP contribution in [0.25, 0.3) is 0 Å². The summed E-state index contributed by atoms with van der Waals surface area (Å²) in [6.07, 6.45) is 0.566. The number of carbonyl (C=O) groups excluding carboxylic acids is 1. The lowest BCUT2D eigenvalue weighted by Gasteiger charge is -2.00. The number of rotatable bonds is 4. The molecule has 0 aliphatic carbocycles. The van der Waals surface area contributed by atoms with Crippen molar-refractivity contribution < 1.29 is 19.4 Å². The summed E-state index contributed by atoms with van der Waals surface area (Å²) in [6, 6.07) is 0. The molecule has 1 unspecified atom stereocenters. The van der Waals surface area contributed by atoms with Crippen molar-refractivity contribution in [3.05, 3.63) is 12.8 Å². The van der Waals surface area contributed by atoms with Gasteiger partial charge >= 0.3 is 11.9 Å². The number of aliphatic carboxylic acids is 1. The lowest BCUT2D eigenvalue weighted by Crippen LogP contribution is -2.18. The van der Waals surface area contributed by atoms with Crippen LogP contribution in [0, 0.1) is 0 Å². The van der Waals surface area contributed by atoms with E-state index in [1.54, 1.807) is 0 Å². The van der Waals surface area contributed by atoms with Gasteiger partial charge in [0.2, 0.25) is 0 Å². The van der Waals surface area contributed by atoms with Gasteiger partial charge in [0, 0.05) is 0 Å². The van der Waals surface area contributed by atoms with Crippen LogP contribution in [0.3, 0.4) is 0 Å². The zero-order valence-corrected chi connectivity index (χ0v) is 6.37. The molecule has 0 saturated carbocycles. The lowest BCUT2D eigenvalue weighted by molar-refractivity contribution is -0.143. The third-order valence-electron chi connectivity index (χ3n) is 0.829. The molecule has 0 aliphatic rings. The second kappa shape index (κ2) is 4.73. The van der Waals surface area contributed by atoms with Gasteiger partial charge < -0.3 is 9.84 Å². The monoisotopic (exact) mass is 178 g/mol. The van der Waals surface area contributed by atoms with Gasteiger partial charge in [-0.1, -0.05) is 6.58 Å². The van der Waals surface area contributed by atoms with Gasteiger partial charge in [-0.25, -0.2) is 0 Å². The van der Waals surface area contributed by atoms with Crippen LogP contribution in [0.4, 0.5) is 0 Å². The fraction of sp³-hybridized carbons (Fsp3) is 0.333. The van der Waals surface area contributed by atoms with Crippen LogP contribution in [0.5, 0.6) is 0 Å². The fourth-order valence-electron chi connectivity index (χ4n) is 0.375. The van der Waals surface area contributed by atoms with E-state index in [0.717, 1.165) is 6.26 Å². The van der Waals surface area contributed by atoms with E-state index in [4.69, 9.17) is 16.7 Å². The number of alkyl halides is 1. The Morgan fingerprint density at radius 3 is 2.64 bits per heavy atom. The summed E-state index contributed by atoms with van der Waals surface area (Å²) in [5, 5.41) is 7.00. The number of ether oxygens (including phenoxy) is 1. The maximum absolute atomic E-state index is 10.5. The van der Waals surface area contributed by atoms with Gasteiger partial charge in [0.05, 0.1) is 12.7 Å². The van der Waals surface area contributed by atoms with Crippen LogP contribution in [-0.2, 0) is 14.3 Å². The topological polar surface area (TPSA) is 63.6 Å². The fourth-order valence-corrected chi connectivity index (χ4v) is 0.501. The molecule has 0 aromatic carbocycles. The third-order valence-corrected chi connectivity index (χ3v) is 1.17. The largest absolute Gasteiger partial charge is 0.480 e. The van der Waals surface area contributed by atoms with Crippen LogP contribution >= 0.6 is 11.6 Å². The summed E-state index contributed by atoms with van der Waals surface area (Å²) < 4.78 is 4.24. The molecule has 0 bridgehead atoms. The number of carboxylic acids is 1. The van der Waals surface area contributed by atoms with Crippen molar-refractivity contribution in [1.29, 1.82) is 0 Å². The first-order chi connectivity index (χ1) is 5.07. The molecule has 1 atom stereocenters. The van der Waals surface area contributed by atoms with Gasteiger partial charge in [-0.3, -0.25) is 9.59 Å². The van der Waals surface area contributed by atoms with Crippen molar-refractivity contribution in [3.8, 4) is 0 Å². The van der Waals surface area contributed by atoms with Gasteiger partial charge in [0.1, 0.15) is 5.38 Å². The average Bonchev–Trinajstić information content (AvgIpc) is 1.87. The van der Waals surface area contributed by atoms with Crippen molar-refractivity contribution >= 4 is 23.5 Å². The number of halogens is 1. The molecule has 11 heavy (non-hydrogen) atoms. The van der Waals surface area contributed by atoms with E-state index in [1.807, 2.05) is 0 Å². The Kier molecular flexibility index (Phi) is 4.29. The normalized spacial score (nSPS) is 11.7. The first kappa shape index (κ1) is 9.97. The zero-order valence-electron chi connectivity index (χ0n) is 5.62. The molecule has 5 heteroatoms. The molecule has 4 nitrogen and oxygen atoms in total. The highest BCUT2D eigenvalue weighted by molar-refractivity contribution is 6.30. The maximum Gasteiger partial charge on any atom is 0.322 e. The second-order valence-electron chi connectivity index (χ2n) is 1.67. The minimum absolute atomic E-state index is 0.358. The van der Waals surface area contributed by atoms with Gasteiger partial charge in [0.25, 0.3) is 0 Å². The first-order valence-electron chi connectivity index (χ1n) is 2.75. The van der Waals surface area contributed by atoms with Crippen LogP contribution in [0.1, 0.15) is 6.42 Å². The van der Waals surface area contributed by atoms with Crippen LogP contribution < -0.4 is 0 Å². The number of esters is 1. The van der Waals surface area contributed by atoms with Crippen molar-refractivity contribution in [2.24, 2.45) is 0 Å². The quantitative estimate of drug-likeness (QED) is 0.392. The molecule has 0 amide bonds. The van der Waals surface area contributed by atoms with Gasteiger partial charge in [-0.05, 0) is 0 Å². The smallest absolute Gasteiger partial charge is 0.322 e. The molecule has 0 spiro atoms. The van der Waals surface area contributed by atoms with Crippen molar-refractivity contribution in [2.75, 3.05) is 0 Å². The average molecular weight is 179 g/mol. The van der Waals surface area contributed by atoms with E-state index >= 15 is 0 Å². The summed E-state index contributed by atoms with van der Waals surface area (Å²) in [5.41, 5.74) is 0. The van der Waals surface area contributed by atoms with E-state index in [9.17, 15) is 9.59 Å². The van der Waals surface area contributed by atoms with E-state index in [0.29, 0.717) is 0 Å². The number of hydrogen-bond acceptors (Lipinski definition) is 3. The molecule has 0 aliphatic heterocycles. The minimum Gasteiger partial charge on any atom is -0.480 e. The summed E-state index contributed by atoms with van der Waals surface area (Å²) in [5.74, 6) is -1.95. The predicted octanol–water partition coefficient (Wildman–Crippen LogP) is 0.755. The Morgan fingerprint density at radius 1 is 1.73 bits per heavy atom. The number of hydrogen-bond donors (Lipinski definition) is 1. The Hall–Kier alpha value is -1.03. The Labute approximate surface area is 68.4 Å². The van der Waals surface area contributed by atoms with Crippen molar-refractivity contribution in [1.82, 2.24) is 0 Å². The predicted molar refractivity (Wildman–Crippen MR) is 38.2 cm³/mol. The van der Waals surface area contributed by atoms with Gasteiger partial charge in [-0.15, -0.1) is 11.6 Å². The Balaban J connectivity index is 3.74. The molecule has 0 radical (unpaired) electrons. The molecule has 1 N–H and O–H groups in total. The molecular weight excluding hydrogens is 172 g/mol. The highest BCUT2D eigenvalue weighted by atomic mass is 35.5. The van der Waals surface area contributed by atoms with Gasteiger partial charge in [0.15, 0.2) is 0 Å². The third kappa shape index (κ3) is 4.38. The van der Waals surface area contributed by atoms with E-state index < -0.39 is 17.3 Å². The summed E-state index contributed by atoms with van der Waals surface area (Å²) >= 11 is 5.21. The number of carboxylic acid groups (broad SMARTS) is 1. The highest BCUT2D eigenvalue weighted by Gasteiger charge is 2.18. The molecular formula is C6H7ClO4. The summed E-state index contributed by atoms with van der Waals surface area (Å²) in [4.78, 5) is 20.6. The standard InChI is InChI=1S/C6H7ClO4/c1-2-11-5(8)3-4(7)6(9)10/h2,4H,1,3H2,(H,9,10). The lowest BCUT2D eigenvalue weighted by atomic mass is 10.3. The molecule has 0 heterocycles. The molecule has 0 aromatic rings. The maximum atomic E-state index is 10.5. The molecule has 0 aromatic heterocycles. The first-order valence-corrected chi connectivity index (χ1v) is 3.19. The van der Waals surface area contributed by atoms with Crippen molar-refractivity contribution in [3.63, 3.8) is 0 Å². The van der Waals surface area contributed by atoms with Crippen molar-refractivity contribution in [2.45, 2.75) is 11.8 Å². The summed E-state index contributed by atoms with van der Waals surface area (Å²) in [6.45, 7) is 3.12. The second-order valence-corrected chi connectivity index (χ2v) is 2.19. The van der Waals surface area contributed by atoms with Crippen LogP contribution in [0.15, 0.2) is 12.8 Å². The molecule has 0 saturated heterocycles. The summed E-state index contributed by atoms with van der Waals surface area (Å²) in [7, 11) is 0. The molecule has 0 fully saturated rings. The van der Waals surface area contributed by atoms with E-state index in [-0.39, 0.29) is 6.42 Å². The number of carbonyl (C=O) groups is 2. The Bertz CT molecular complexity index is 177. The minimum atomic E-state index is -1.24. The molecule has 0 rings (SSSR count).